The van der Waals surface area contributed by atoms with E-state index in [0.29, 0.717) is 0 Å². The second kappa shape index (κ2) is 4.24. The van der Waals surface area contributed by atoms with Crippen molar-refractivity contribution in [1.82, 2.24) is 0 Å². The Hall–Kier alpha value is -0.0800. The lowest BCUT2D eigenvalue weighted by molar-refractivity contribution is -0.168. The fourth-order valence-electron chi connectivity index (χ4n) is 1.85. The summed E-state index contributed by atoms with van der Waals surface area (Å²) in [6, 6.07) is 0. The molecule has 0 radical (unpaired) electrons. The molecular weight excluding hydrogens is 152 g/mol. The van der Waals surface area contributed by atoms with Gasteiger partial charge in [-0.15, -0.1) is 0 Å². The van der Waals surface area contributed by atoms with Crippen LogP contribution in [0.15, 0.2) is 0 Å². The Bertz CT molecular complexity index is 130. The molecule has 2 heteroatoms. The summed E-state index contributed by atoms with van der Waals surface area (Å²) in [5, 5.41) is 0. The fraction of sp³-hybridized carbons (Fsp3) is 1.00. The van der Waals surface area contributed by atoms with Crippen LogP contribution in [0.1, 0.15) is 46.5 Å². The van der Waals surface area contributed by atoms with Crippen molar-refractivity contribution in [3.05, 3.63) is 0 Å². The van der Waals surface area contributed by atoms with Crippen LogP contribution in [0.3, 0.4) is 0 Å². The highest BCUT2D eigenvalue weighted by atomic mass is 16.7. The van der Waals surface area contributed by atoms with E-state index in [9.17, 15) is 0 Å². The standard InChI is InChI=1S/C10H20O2/c1-4-10(5-2)8-7-9(12-10)11-6-3/h9H,4-8H2,1-3H3/t9-/m1/s1. The normalized spacial score (nSPS) is 27.8. The third kappa shape index (κ3) is 1.99. The maximum atomic E-state index is 5.87. The quantitative estimate of drug-likeness (QED) is 0.649. The highest BCUT2D eigenvalue weighted by molar-refractivity contribution is 4.83. The second-order valence-corrected chi connectivity index (χ2v) is 3.43. The van der Waals surface area contributed by atoms with Gasteiger partial charge in [0.1, 0.15) is 0 Å². The van der Waals surface area contributed by atoms with Crippen LogP contribution in [-0.2, 0) is 9.47 Å². The SMILES string of the molecule is CCO[C@H]1CCC(CC)(CC)O1. The topological polar surface area (TPSA) is 18.5 Å². The minimum atomic E-state index is 0.0647. The highest BCUT2D eigenvalue weighted by Gasteiger charge is 2.37. The summed E-state index contributed by atoms with van der Waals surface area (Å²) >= 11 is 0. The first-order valence-corrected chi connectivity index (χ1v) is 5.05. The predicted octanol–water partition coefficient (Wildman–Crippen LogP) is 2.72. The molecule has 0 spiro atoms. The van der Waals surface area contributed by atoms with Crippen molar-refractivity contribution in [2.45, 2.75) is 58.3 Å². The summed E-state index contributed by atoms with van der Waals surface area (Å²) in [6.45, 7) is 7.16. The van der Waals surface area contributed by atoms with Gasteiger partial charge in [0.05, 0.1) is 5.60 Å². The molecule has 0 aromatic rings. The molecule has 1 rings (SSSR count). The maximum absolute atomic E-state index is 5.87. The van der Waals surface area contributed by atoms with Crippen molar-refractivity contribution in [2.24, 2.45) is 0 Å². The molecule has 0 bridgehead atoms. The monoisotopic (exact) mass is 172 g/mol. The van der Waals surface area contributed by atoms with Crippen LogP contribution in [0.2, 0.25) is 0 Å². The van der Waals surface area contributed by atoms with E-state index in [1.165, 1.54) is 0 Å². The molecule has 1 aliphatic rings. The number of hydrogen-bond acceptors (Lipinski definition) is 2. The van der Waals surface area contributed by atoms with Crippen molar-refractivity contribution in [3.8, 4) is 0 Å². The van der Waals surface area contributed by atoms with E-state index in [2.05, 4.69) is 13.8 Å². The lowest BCUT2D eigenvalue weighted by Gasteiger charge is -2.26. The van der Waals surface area contributed by atoms with Crippen molar-refractivity contribution >= 4 is 0 Å². The second-order valence-electron chi connectivity index (χ2n) is 3.43. The molecule has 0 aliphatic carbocycles. The summed E-state index contributed by atoms with van der Waals surface area (Å²) in [4.78, 5) is 0. The lowest BCUT2D eigenvalue weighted by atomic mass is 9.94. The van der Waals surface area contributed by atoms with Gasteiger partial charge in [-0.3, -0.25) is 0 Å². The predicted molar refractivity (Wildman–Crippen MR) is 49.0 cm³/mol. The molecule has 72 valence electrons. The third-order valence-corrected chi connectivity index (χ3v) is 2.86. The summed E-state index contributed by atoms with van der Waals surface area (Å²) in [6.07, 6.45) is 4.50. The molecule has 0 saturated carbocycles. The van der Waals surface area contributed by atoms with Gasteiger partial charge in [-0.1, -0.05) is 13.8 Å². The van der Waals surface area contributed by atoms with Crippen molar-refractivity contribution in [2.75, 3.05) is 6.61 Å². The summed E-state index contributed by atoms with van der Waals surface area (Å²) in [5.41, 5.74) is 0.125. The van der Waals surface area contributed by atoms with Crippen molar-refractivity contribution in [3.63, 3.8) is 0 Å². The van der Waals surface area contributed by atoms with Gasteiger partial charge < -0.3 is 9.47 Å². The average molecular weight is 172 g/mol. The van der Waals surface area contributed by atoms with Crippen molar-refractivity contribution in [1.29, 1.82) is 0 Å². The number of rotatable bonds is 4. The van der Waals surface area contributed by atoms with Crippen LogP contribution in [-0.4, -0.2) is 18.5 Å². The first-order chi connectivity index (χ1) is 5.76. The van der Waals surface area contributed by atoms with Crippen LogP contribution in [0.4, 0.5) is 0 Å². The molecule has 0 unspecified atom stereocenters. The smallest absolute Gasteiger partial charge is 0.158 e. The zero-order valence-electron chi connectivity index (χ0n) is 8.43. The Labute approximate surface area is 75.2 Å². The molecule has 1 fully saturated rings. The Morgan fingerprint density at radius 3 is 2.42 bits per heavy atom. The van der Waals surface area contributed by atoms with Gasteiger partial charge in [0.15, 0.2) is 6.29 Å². The van der Waals surface area contributed by atoms with Gasteiger partial charge >= 0.3 is 0 Å². The van der Waals surface area contributed by atoms with E-state index in [-0.39, 0.29) is 11.9 Å². The van der Waals surface area contributed by atoms with Gasteiger partial charge in [-0.05, 0) is 26.2 Å². The van der Waals surface area contributed by atoms with Crippen LogP contribution in [0.5, 0.6) is 0 Å². The van der Waals surface area contributed by atoms with E-state index < -0.39 is 0 Å². The van der Waals surface area contributed by atoms with Gasteiger partial charge in [0.2, 0.25) is 0 Å². The minimum Gasteiger partial charge on any atom is -0.353 e. The van der Waals surface area contributed by atoms with E-state index in [1.807, 2.05) is 6.92 Å². The molecule has 1 heterocycles. The molecule has 0 aromatic carbocycles. The van der Waals surface area contributed by atoms with Crippen LogP contribution in [0.25, 0.3) is 0 Å². The average Bonchev–Trinajstić information content (AvgIpc) is 2.50. The van der Waals surface area contributed by atoms with Crippen LogP contribution >= 0.6 is 0 Å². The first-order valence-electron chi connectivity index (χ1n) is 5.05. The maximum Gasteiger partial charge on any atom is 0.158 e. The number of ether oxygens (including phenoxy) is 2. The largest absolute Gasteiger partial charge is 0.353 e. The van der Waals surface area contributed by atoms with Gasteiger partial charge in [0.25, 0.3) is 0 Å². The molecule has 1 aliphatic heterocycles. The summed E-state index contributed by atoms with van der Waals surface area (Å²) < 4.78 is 11.3. The molecule has 0 aromatic heterocycles. The summed E-state index contributed by atoms with van der Waals surface area (Å²) in [7, 11) is 0. The third-order valence-electron chi connectivity index (χ3n) is 2.86. The van der Waals surface area contributed by atoms with E-state index in [0.717, 1.165) is 32.3 Å². The highest BCUT2D eigenvalue weighted by Crippen LogP contribution is 2.36. The minimum absolute atomic E-state index is 0.0647. The Balaban J connectivity index is 2.41. The molecule has 0 amide bonds. The van der Waals surface area contributed by atoms with E-state index in [1.54, 1.807) is 0 Å². The molecular formula is C10H20O2. The van der Waals surface area contributed by atoms with E-state index >= 15 is 0 Å². The Kier molecular flexibility index (Phi) is 3.53. The molecule has 1 saturated heterocycles. The van der Waals surface area contributed by atoms with Gasteiger partial charge in [-0.2, -0.15) is 0 Å². The van der Waals surface area contributed by atoms with Gasteiger partial charge in [-0.25, -0.2) is 0 Å². The van der Waals surface area contributed by atoms with Gasteiger partial charge in [0, 0.05) is 13.0 Å². The Morgan fingerprint density at radius 2 is 2.00 bits per heavy atom. The van der Waals surface area contributed by atoms with E-state index in [4.69, 9.17) is 9.47 Å². The van der Waals surface area contributed by atoms with Crippen LogP contribution < -0.4 is 0 Å². The molecule has 1 atom stereocenters. The fourth-order valence-corrected chi connectivity index (χ4v) is 1.85. The summed E-state index contributed by atoms with van der Waals surface area (Å²) in [5.74, 6) is 0. The first kappa shape index (κ1) is 10.0. The molecule has 0 N–H and O–H groups in total. The van der Waals surface area contributed by atoms with Crippen molar-refractivity contribution < 1.29 is 9.47 Å². The number of hydrogen-bond donors (Lipinski definition) is 0. The molecule has 12 heavy (non-hydrogen) atoms. The lowest BCUT2D eigenvalue weighted by Crippen LogP contribution is -2.27. The van der Waals surface area contributed by atoms with Crippen LogP contribution in [0, 0.1) is 0 Å². The zero-order chi connectivity index (χ0) is 9.03. The molecule has 2 nitrogen and oxygen atoms in total. The Morgan fingerprint density at radius 1 is 1.33 bits per heavy atom. The zero-order valence-corrected chi connectivity index (χ0v) is 8.43.